The van der Waals surface area contributed by atoms with E-state index in [0.29, 0.717) is 10.6 Å². The molecule has 154 valence electrons. The molecule has 0 aliphatic carbocycles. The second-order valence-electron chi connectivity index (χ2n) is 6.86. The van der Waals surface area contributed by atoms with E-state index >= 15 is 0 Å². The van der Waals surface area contributed by atoms with Gasteiger partial charge in [0.15, 0.2) is 0 Å². The summed E-state index contributed by atoms with van der Waals surface area (Å²) in [7, 11) is 0. The van der Waals surface area contributed by atoms with Crippen LogP contribution in [0.4, 0.5) is 17.5 Å². The number of amides is 2. The molecule has 0 saturated heterocycles. The average molecular weight is 425 g/mol. The molecule has 0 radical (unpaired) electrons. The van der Waals surface area contributed by atoms with E-state index in [4.69, 9.17) is 23.1 Å². The maximum Gasteiger partial charge on any atom is 0.254 e. The second-order valence-corrected chi connectivity index (χ2v) is 7.29. The molecule has 8 nitrogen and oxygen atoms in total. The fourth-order valence-corrected chi connectivity index (χ4v) is 3.24. The zero-order valence-electron chi connectivity index (χ0n) is 16.4. The number of aromatic nitrogens is 2. The largest absolute Gasteiger partial charge is 0.368 e. The van der Waals surface area contributed by atoms with E-state index in [2.05, 4.69) is 20.6 Å². The van der Waals surface area contributed by atoms with Crippen LogP contribution >= 0.6 is 11.6 Å². The lowest BCUT2D eigenvalue weighted by Crippen LogP contribution is -2.28. The van der Waals surface area contributed by atoms with Crippen LogP contribution in [-0.2, 0) is 4.79 Å². The maximum atomic E-state index is 12.0. The van der Waals surface area contributed by atoms with E-state index in [0.717, 1.165) is 16.8 Å². The topological polar surface area (TPSA) is 136 Å². The number of carbonyl (C=O) groups excluding carboxylic acids is 2. The third-order valence-electron chi connectivity index (χ3n) is 4.28. The van der Waals surface area contributed by atoms with E-state index in [-0.39, 0.29) is 17.3 Å². The number of carbonyl (C=O) groups is 2. The Balaban J connectivity index is 1.96. The number of hydrogen-bond acceptors (Lipinski definition) is 6. The number of halogens is 1. The molecule has 0 aliphatic heterocycles. The van der Waals surface area contributed by atoms with Crippen molar-refractivity contribution in [1.82, 2.24) is 9.97 Å². The first-order valence-electron chi connectivity index (χ1n) is 9.06. The third-order valence-corrected chi connectivity index (χ3v) is 4.51. The highest BCUT2D eigenvalue weighted by Crippen LogP contribution is 2.24. The average Bonchev–Trinajstić information content (AvgIpc) is 2.65. The first-order valence-corrected chi connectivity index (χ1v) is 9.44. The molecule has 2 aromatic carbocycles. The number of anilines is 3. The zero-order valence-corrected chi connectivity index (χ0v) is 17.2. The lowest BCUT2D eigenvalue weighted by Gasteiger charge is -2.17. The molecular formula is C21H21ClN6O2. The second kappa shape index (κ2) is 8.79. The number of hydrogen-bond donors (Lipinski definition) is 4. The van der Waals surface area contributed by atoms with E-state index in [1.807, 2.05) is 32.0 Å². The van der Waals surface area contributed by atoms with Crippen molar-refractivity contribution in [3.8, 4) is 0 Å². The summed E-state index contributed by atoms with van der Waals surface area (Å²) in [5, 5.41) is 6.45. The Hall–Kier alpha value is -3.65. The third kappa shape index (κ3) is 5.03. The summed E-state index contributed by atoms with van der Waals surface area (Å²) in [6.45, 7) is 3.92. The molecule has 0 aliphatic rings. The molecule has 2 amide bonds. The van der Waals surface area contributed by atoms with Crippen LogP contribution in [0.5, 0.6) is 0 Å². The van der Waals surface area contributed by atoms with Crippen molar-refractivity contribution in [2.24, 2.45) is 11.5 Å². The molecule has 30 heavy (non-hydrogen) atoms. The van der Waals surface area contributed by atoms with Crippen molar-refractivity contribution in [3.05, 3.63) is 75.9 Å². The van der Waals surface area contributed by atoms with Crippen LogP contribution in [0.25, 0.3) is 0 Å². The van der Waals surface area contributed by atoms with Crippen LogP contribution in [0.3, 0.4) is 0 Å². The van der Waals surface area contributed by atoms with Crippen LogP contribution in [0, 0.1) is 13.8 Å². The van der Waals surface area contributed by atoms with Crippen LogP contribution in [0.15, 0.2) is 48.7 Å². The number of rotatable bonds is 7. The predicted octanol–water partition coefficient (Wildman–Crippen LogP) is 3.23. The molecule has 3 aromatic rings. The molecule has 6 N–H and O–H groups in total. The standard InChI is InChI=1S/C21H21ClN6O2/c1-11-6-12(2)8-15(7-11)26-20-16(18(23)29)10-25-21(28-20)27-17(19(24)30)13-4-3-5-14(22)9-13/h3-10,17H,1-2H3,(H2,23,29)(H2,24,30)(H2,25,26,27,28). The van der Waals surface area contributed by atoms with Crippen molar-refractivity contribution < 1.29 is 9.59 Å². The molecular weight excluding hydrogens is 404 g/mol. The van der Waals surface area contributed by atoms with Gasteiger partial charge in [-0.1, -0.05) is 29.8 Å². The zero-order chi connectivity index (χ0) is 21.8. The SMILES string of the molecule is Cc1cc(C)cc(Nc2nc(NC(C(N)=O)c3cccc(Cl)c3)ncc2C(N)=O)c1. The molecule has 3 rings (SSSR count). The van der Waals surface area contributed by atoms with Gasteiger partial charge in [-0.25, -0.2) is 4.98 Å². The lowest BCUT2D eigenvalue weighted by atomic mass is 10.1. The molecule has 0 spiro atoms. The van der Waals surface area contributed by atoms with Gasteiger partial charge in [-0.3, -0.25) is 9.59 Å². The fourth-order valence-electron chi connectivity index (χ4n) is 3.04. The van der Waals surface area contributed by atoms with Gasteiger partial charge in [-0.2, -0.15) is 4.98 Å². The quantitative estimate of drug-likeness (QED) is 0.459. The van der Waals surface area contributed by atoms with Gasteiger partial charge in [0.2, 0.25) is 11.9 Å². The van der Waals surface area contributed by atoms with E-state index in [1.165, 1.54) is 6.20 Å². The monoisotopic (exact) mass is 424 g/mol. The minimum atomic E-state index is -0.919. The van der Waals surface area contributed by atoms with Crippen molar-refractivity contribution in [2.75, 3.05) is 10.6 Å². The van der Waals surface area contributed by atoms with E-state index in [9.17, 15) is 9.59 Å². The van der Waals surface area contributed by atoms with Gasteiger partial charge in [-0.15, -0.1) is 0 Å². The van der Waals surface area contributed by atoms with Crippen LogP contribution < -0.4 is 22.1 Å². The Labute approximate surface area is 178 Å². The van der Waals surface area contributed by atoms with Crippen LogP contribution in [0.1, 0.15) is 33.1 Å². The smallest absolute Gasteiger partial charge is 0.254 e. The highest BCUT2D eigenvalue weighted by atomic mass is 35.5. The first-order chi connectivity index (χ1) is 14.2. The van der Waals surface area contributed by atoms with Crippen molar-refractivity contribution in [3.63, 3.8) is 0 Å². The van der Waals surface area contributed by atoms with Gasteiger partial charge in [0, 0.05) is 16.9 Å². The van der Waals surface area contributed by atoms with Gasteiger partial charge in [0.05, 0.1) is 0 Å². The first kappa shape index (κ1) is 21.1. The number of nitrogens with one attached hydrogen (secondary N) is 2. The summed E-state index contributed by atoms with van der Waals surface area (Å²) in [6, 6.07) is 11.6. The maximum absolute atomic E-state index is 12.0. The molecule has 0 bridgehead atoms. The number of benzene rings is 2. The Morgan fingerprint density at radius 2 is 1.77 bits per heavy atom. The molecule has 9 heteroatoms. The minimum absolute atomic E-state index is 0.0932. The van der Waals surface area contributed by atoms with Gasteiger partial charge >= 0.3 is 0 Å². The summed E-state index contributed by atoms with van der Waals surface area (Å²) < 4.78 is 0. The summed E-state index contributed by atoms with van der Waals surface area (Å²) >= 11 is 6.02. The Morgan fingerprint density at radius 1 is 1.07 bits per heavy atom. The lowest BCUT2D eigenvalue weighted by molar-refractivity contribution is -0.118. The van der Waals surface area contributed by atoms with E-state index in [1.54, 1.807) is 24.3 Å². The fraction of sp³-hybridized carbons (Fsp3) is 0.143. The molecule has 0 saturated carbocycles. The van der Waals surface area contributed by atoms with Crippen LogP contribution in [0.2, 0.25) is 5.02 Å². The van der Waals surface area contributed by atoms with Crippen molar-refractivity contribution in [2.45, 2.75) is 19.9 Å². The normalized spacial score (nSPS) is 11.6. The Morgan fingerprint density at radius 3 is 2.37 bits per heavy atom. The summed E-state index contributed by atoms with van der Waals surface area (Å²) in [5.74, 6) is -1.02. The van der Waals surface area contributed by atoms with Crippen molar-refractivity contribution >= 4 is 40.9 Å². The summed E-state index contributed by atoms with van der Waals surface area (Å²) in [4.78, 5) is 32.3. The Kier molecular flexibility index (Phi) is 6.17. The number of nitrogens with zero attached hydrogens (tertiary/aromatic N) is 2. The van der Waals surface area contributed by atoms with E-state index < -0.39 is 17.9 Å². The highest BCUT2D eigenvalue weighted by Gasteiger charge is 2.21. The van der Waals surface area contributed by atoms with Gasteiger partial charge in [0.1, 0.15) is 17.4 Å². The molecule has 1 heterocycles. The predicted molar refractivity (Wildman–Crippen MR) is 117 cm³/mol. The Bertz CT molecular complexity index is 1100. The molecule has 1 atom stereocenters. The molecule has 1 aromatic heterocycles. The summed E-state index contributed by atoms with van der Waals surface area (Å²) in [6.07, 6.45) is 1.29. The highest BCUT2D eigenvalue weighted by molar-refractivity contribution is 6.30. The number of aryl methyl sites for hydroxylation is 2. The van der Waals surface area contributed by atoms with Gasteiger partial charge in [0.25, 0.3) is 5.91 Å². The van der Waals surface area contributed by atoms with Crippen LogP contribution in [-0.4, -0.2) is 21.8 Å². The van der Waals surface area contributed by atoms with Crippen molar-refractivity contribution in [1.29, 1.82) is 0 Å². The molecule has 0 fully saturated rings. The molecule has 1 unspecified atom stereocenters. The minimum Gasteiger partial charge on any atom is -0.368 e. The number of primary amides is 2. The number of nitrogens with two attached hydrogens (primary N) is 2. The van der Waals surface area contributed by atoms with Gasteiger partial charge < -0.3 is 22.1 Å². The van der Waals surface area contributed by atoms with Gasteiger partial charge in [-0.05, 0) is 54.8 Å². The summed E-state index contributed by atoms with van der Waals surface area (Å²) in [5.41, 5.74) is 14.5.